The van der Waals surface area contributed by atoms with E-state index in [9.17, 15) is 24.3 Å². The third-order valence-corrected chi connectivity index (χ3v) is 5.61. The lowest BCUT2D eigenvalue weighted by atomic mass is 9.82. The summed E-state index contributed by atoms with van der Waals surface area (Å²) in [6.45, 7) is 5.97. The van der Waals surface area contributed by atoms with Crippen LogP contribution in [0.25, 0.3) is 5.57 Å². The molecule has 0 saturated carbocycles. The van der Waals surface area contributed by atoms with E-state index >= 15 is 0 Å². The molecule has 2 heterocycles. The van der Waals surface area contributed by atoms with Crippen LogP contribution in [0.15, 0.2) is 30.0 Å². The number of ether oxygens (including phenoxy) is 2. The Morgan fingerprint density at radius 2 is 1.94 bits per heavy atom. The predicted molar refractivity (Wildman–Crippen MR) is 114 cm³/mol. The van der Waals surface area contributed by atoms with E-state index in [4.69, 9.17) is 9.47 Å². The van der Waals surface area contributed by atoms with Gasteiger partial charge in [-0.3, -0.25) is 14.4 Å². The maximum atomic E-state index is 12.9. The van der Waals surface area contributed by atoms with Gasteiger partial charge in [-0.15, -0.1) is 0 Å². The van der Waals surface area contributed by atoms with Crippen LogP contribution in [0, 0.1) is 11.3 Å². The van der Waals surface area contributed by atoms with Crippen molar-refractivity contribution in [3.8, 4) is 0 Å². The smallest absolute Gasteiger partial charge is 0.358 e. The number of nitrogens with zero attached hydrogens (tertiary/aromatic N) is 1. The number of rotatable bonds is 6. The monoisotopic (exact) mass is 444 g/mol. The van der Waals surface area contributed by atoms with Crippen molar-refractivity contribution in [3.05, 3.63) is 41.1 Å². The number of benzene rings is 1. The summed E-state index contributed by atoms with van der Waals surface area (Å²) in [6, 6.07) is 6.31. The molecule has 2 amide bonds. The Morgan fingerprint density at radius 3 is 2.53 bits per heavy atom. The van der Waals surface area contributed by atoms with Crippen LogP contribution in [0.1, 0.15) is 50.0 Å². The lowest BCUT2D eigenvalue weighted by Crippen LogP contribution is -2.61. The molecule has 1 fully saturated rings. The fraction of sp³-hybridized carbons (Fsp3) is 0.478. The first-order valence-corrected chi connectivity index (χ1v) is 10.4. The third kappa shape index (κ3) is 4.25. The summed E-state index contributed by atoms with van der Waals surface area (Å²) in [5.41, 5.74) is 0.809. The molecular weight excluding hydrogens is 416 g/mol. The molecule has 2 aliphatic rings. The summed E-state index contributed by atoms with van der Waals surface area (Å²) in [4.78, 5) is 50.9. The van der Waals surface area contributed by atoms with Crippen LogP contribution in [0.3, 0.4) is 0 Å². The van der Waals surface area contributed by atoms with Crippen molar-refractivity contribution < 1.29 is 33.8 Å². The van der Waals surface area contributed by atoms with Crippen LogP contribution >= 0.6 is 0 Å². The van der Waals surface area contributed by atoms with Gasteiger partial charge in [0.05, 0.1) is 23.5 Å². The number of hydrogen-bond acceptors (Lipinski definition) is 7. The van der Waals surface area contributed by atoms with Crippen molar-refractivity contribution in [2.24, 2.45) is 11.3 Å². The van der Waals surface area contributed by atoms with E-state index in [2.05, 4.69) is 5.32 Å². The first kappa shape index (κ1) is 23.5. The highest BCUT2D eigenvalue weighted by molar-refractivity contribution is 6.07. The molecule has 3 rings (SSSR count). The zero-order valence-electron chi connectivity index (χ0n) is 18.8. The topological polar surface area (TPSA) is 122 Å². The molecule has 0 spiro atoms. The van der Waals surface area contributed by atoms with Crippen LogP contribution < -0.4 is 5.32 Å². The van der Waals surface area contributed by atoms with Gasteiger partial charge in [0.15, 0.2) is 0 Å². The summed E-state index contributed by atoms with van der Waals surface area (Å²) in [5.74, 6) is -2.63. The lowest BCUT2D eigenvalue weighted by molar-refractivity contribution is -0.175. The summed E-state index contributed by atoms with van der Waals surface area (Å²) >= 11 is 0. The highest BCUT2D eigenvalue weighted by atomic mass is 16.7. The van der Waals surface area contributed by atoms with E-state index in [0.29, 0.717) is 23.1 Å². The van der Waals surface area contributed by atoms with E-state index in [0.717, 1.165) is 0 Å². The molecule has 2 aliphatic heterocycles. The number of hydrogen-bond donors (Lipinski definition) is 2. The van der Waals surface area contributed by atoms with Crippen molar-refractivity contribution in [2.75, 3.05) is 13.8 Å². The van der Waals surface area contributed by atoms with E-state index in [-0.39, 0.29) is 23.6 Å². The minimum absolute atomic E-state index is 0.0396. The Bertz CT molecular complexity index is 990. The number of aliphatic hydroxyl groups excluding tert-OH is 1. The standard InChI is InChI=1S/C23H28N2O7/c1-12(26)17-16-10-15(13-7-6-8-14(9-13)19(27)24-5)18(25(16)20(17)28)21(29)31-11-32-22(30)23(2,3)4/h6-9,12,16-17,26H,10-11H2,1-5H3,(H,24,27)/t12-,16-,17-/m1/s1. The third-order valence-electron chi connectivity index (χ3n) is 5.61. The molecule has 9 heteroatoms. The molecule has 32 heavy (non-hydrogen) atoms. The van der Waals surface area contributed by atoms with Crippen molar-refractivity contribution in [1.82, 2.24) is 10.2 Å². The molecular formula is C23H28N2O7. The number of esters is 2. The van der Waals surface area contributed by atoms with Crippen molar-refractivity contribution in [2.45, 2.75) is 46.3 Å². The molecule has 9 nitrogen and oxygen atoms in total. The molecule has 1 aromatic rings. The van der Waals surface area contributed by atoms with Gasteiger partial charge in [0.25, 0.3) is 5.91 Å². The van der Waals surface area contributed by atoms with Gasteiger partial charge in [-0.2, -0.15) is 0 Å². The summed E-state index contributed by atoms with van der Waals surface area (Å²) < 4.78 is 10.2. The molecule has 1 saturated heterocycles. The van der Waals surface area contributed by atoms with Gasteiger partial charge >= 0.3 is 11.9 Å². The minimum atomic E-state index is -0.870. The van der Waals surface area contributed by atoms with Gasteiger partial charge < -0.3 is 24.8 Å². The Balaban J connectivity index is 1.90. The molecule has 0 unspecified atom stereocenters. The van der Waals surface area contributed by atoms with E-state index in [1.165, 1.54) is 18.9 Å². The van der Waals surface area contributed by atoms with E-state index in [1.807, 2.05) is 0 Å². The first-order chi connectivity index (χ1) is 15.0. The van der Waals surface area contributed by atoms with Crippen LogP contribution in [-0.4, -0.2) is 59.7 Å². The zero-order valence-corrected chi connectivity index (χ0v) is 18.8. The second-order valence-corrected chi connectivity index (χ2v) is 8.96. The maximum absolute atomic E-state index is 12.9. The Labute approximate surface area is 186 Å². The van der Waals surface area contributed by atoms with Gasteiger partial charge in [-0.05, 0) is 57.4 Å². The largest absolute Gasteiger partial charge is 0.427 e. The quantitative estimate of drug-likeness (QED) is 0.387. The van der Waals surface area contributed by atoms with Gasteiger partial charge in [-0.25, -0.2) is 4.79 Å². The Morgan fingerprint density at radius 1 is 1.25 bits per heavy atom. The number of fused-ring (bicyclic) bond motifs is 1. The van der Waals surface area contributed by atoms with Gasteiger partial charge in [-0.1, -0.05) is 12.1 Å². The summed E-state index contributed by atoms with van der Waals surface area (Å²) in [7, 11) is 1.52. The van der Waals surface area contributed by atoms with Crippen molar-refractivity contribution in [3.63, 3.8) is 0 Å². The van der Waals surface area contributed by atoms with Crippen molar-refractivity contribution >= 4 is 29.3 Å². The molecule has 3 atom stereocenters. The molecule has 1 aromatic carbocycles. The minimum Gasteiger partial charge on any atom is -0.427 e. The second kappa shape index (κ2) is 8.74. The molecule has 2 N–H and O–H groups in total. The lowest BCUT2D eigenvalue weighted by Gasteiger charge is -2.44. The van der Waals surface area contributed by atoms with Crippen LogP contribution in [0.5, 0.6) is 0 Å². The average Bonchev–Trinajstić information content (AvgIpc) is 3.07. The van der Waals surface area contributed by atoms with Gasteiger partial charge in [0.1, 0.15) is 5.70 Å². The normalized spacial score (nSPS) is 20.9. The van der Waals surface area contributed by atoms with Crippen LogP contribution in [0.2, 0.25) is 0 Å². The highest BCUT2D eigenvalue weighted by Crippen LogP contribution is 2.47. The highest BCUT2D eigenvalue weighted by Gasteiger charge is 2.57. The van der Waals surface area contributed by atoms with Gasteiger partial charge in [0, 0.05) is 12.6 Å². The fourth-order valence-corrected chi connectivity index (χ4v) is 3.93. The molecule has 0 aliphatic carbocycles. The Kier molecular flexibility index (Phi) is 6.41. The molecule has 0 bridgehead atoms. The number of carbonyl (C=O) groups excluding carboxylic acids is 4. The van der Waals surface area contributed by atoms with Crippen molar-refractivity contribution in [1.29, 1.82) is 0 Å². The Hall–Kier alpha value is -3.20. The number of carbonyl (C=O) groups is 4. The second-order valence-electron chi connectivity index (χ2n) is 8.96. The summed E-state index contributed by atoms with van der Waals surface area (Å²) in [6.07, 6.45) is -0.546. The average molecular weight is 444 g/mol. The van der Waals surface area contributed by atoms with Gasteiger partial charge in [0.2, 0.25) is 12.7 Å². The first-order valence-electron chi connectivity index (χ1n) is 10.4. The number of β-lactam (4-membered cyclic amide) rings is 1. The number of nitrogens with one attached hydrogen (secondary N) is 1. The zero-order chi connectivity index (χ0) is 23.8. The summed E-state index contributed by atoms with van der Waals surface area (Å²) in [5, 5.41) is 12.6. The maximum Gasteiger partial charge on any atom is 0.358 e. The predicted octanol–water partition coefficient (Wildman–Crippen LogP) is 1.46. The SMILES string of the molecule is CNC(=O)c1cccc(C2=C(C(=O)OCOC(=O)C(C)(C)C)N3C(=O)[C@H]([C@@H](C)O)[C@H]3C2)c1. The van der Waals surface area contributed by atoms with E-state index in [1.54, 1.807) is 45.0 Å². The van der Waals surface area contributed by atoms with Crippen LogP contribution in [-0.2, 0) is 23.9 Å². The molecule has 172 valence electrons. The number of amides is 2. The molecule has 0 radical (unpaired) electrons. The fourth-order valence-electron chi connectivity index (χ4n) is 3.93. The number of aliphatic hydroxyl groups is 1. The molecule has 0 aromatic heterocycles. The van der Waals surface area contributed by atoms with Crippen LogP contribution in [0.4, 0.5) is 0 Å². The van der Waals surface area contributed by atoms with E-state index < -0.39 is 36.2 Å².